The third-order valence-electron chi connectivity index (χ3n) is 2.18. The molecule has 1 amide bonds. The van der Waals surface area contributed by atoms with Crippen molar-refractivity contribution in [1.29, 1.82) is 0 Å². The van der Waals surface area contributed by atoms with Crippen LogP contribution >= 0.6 is 0 Å². The van der Waals surface area contributed by atoms with E-state index < -0.39 is 37.5 Å². The zero-order valence-corrected chi connectivity index (χ0v) is 9.22. The Labute approximate surface area is 101 Å². The molecule has 0 radical (unpaired) electrons. The molecular weight excluding hydrogens is 250 g/mol. The monoisotopic (exact) mass is 262 g/mol. The van der Waals surface area contributed by atoms with E-state index in [1.54, 1.807) is 0 Å². The first kappa shape index (κ1) is 14.1. The van der Waals surface area contributed by atoms with E-state index in [0.717, 1.165) is 4.57 Å². The van der Waals surface area contributed by atoms with Gasteiger partial charge in [-0.1, -0.05) is 0 Å². The molecule has 0 aliphatic carbocycles. The van der Waals surface area contributed by atoms with Crippen molar-refractivity contribution in [2.75, 3.05) is 6.61 Å². The molecule has 0 bridgehead atoms. The molecular formula is C10H12F2N2O4. The molecule has 3 N–H and O–H groups in total. The number of carbonyl (C=O) groups excluding carboxylic acids is 1. The highest BCUT2D eigenvalue weighted by Gasteiger charge is 2.21. The number of aromatic nitrogens is 1. The average Bonchev–Trinajstić information content (AvgIpc) is 2.72. The number of carboxylic acids is 1. The number of carboxylic acid groups (broad SMARTS) is 1. The lowest BCUT2D eigenvalue weighted by atomic mass is 10.3. The Hall–Kier alpha value is -1.96. The molecule has 1 heterocycles. The number of aliphatic carboxylic acids is 1. The van der Waals surface area contributed by atoms with Gasteiger partial charge in [0.1, 0.15) is 5.69 Å². The summed E-state index contributed by atoms with van der Waals surface area (Å²) in [7, 11) is 0. The van der Waals surface area contributed by atoms with Crippen LogP contribution < -0.4 is 5.32 Å². The minimum Gasteiger partial charge on any atom is -0.480 e. The highest BCUT2D eigenvalue weighted by molar-refractivity contribution is 5.95. The van der Waals surface area contributed by atoms with Gasteiger partial charge in [-0.15, -0.1) is 0 Å². The van der Waals surface area contributed by atoms with Gasteiger partial charge in [0.05, 0.1) is 13.2 Å². The fourth-order valence-corrected chi connectivity index (χ4v) is 1.35. The molecule has 0 aromatic carbocycles. The zero-order chi connectivity index (χ0) is 13.7. The van der Waals surface area contributed by atoms with Gasteiger partial charge >= 0.3 is 5.97 Å². The minimum absolute atomic E-state index is 0.0880. The lowest BCUT2D eigenvalue weighted by molar-refractivity contribution is -0.140. The number of nitrogens with one attached hydrogen (secondary N) is 1. The third-order valence-corrected chi connectivity index (χ3v) is 2.18. The number of aliphatic hydroxyl groups is 1. The summed E-state index contributed by atoms with van der Waals surface area (Å²) in [5.74, 6) is -2.24. The van der Waals surface area contributed by atoms with Gasteiger partial charge in [0.15, 0.2) is 6.04 Å². The van der Waals surface area contributed by atoms with Crippen LogP contribution in [-0.4, -0.2) is 45.7 Å². The number of carbonyl (C=O) groups is 2. The van der Waals surface area contributed by atoms with Gasteiger partial charge < -0.3 is 20.1 Å². The molecule has 1 rings (SSSR count). The maximum absolute atomic E-state index is 12.2. The molecule has 100 valence electrons. The Morgan fingerprint density at radius 2 is 2.11 bits per heavy atom. The van der Waals surface area contributed by atoms with E-state index in [4.69, 9.17) is 10.2 Å². The second-order valence-electron chi connectivity index (χ2n) is 3.48. The Bertz CT molecular complexity index is 433. The van der Waals surface area contributed by atoms with E-state index in [-0.39, 0.29) is 5.69 Å². The fourth-order valence-electron chi connectivity index (χ4n) is 1.35. The third kappa shape index (κ3) is 3.52. The highest BCUT2D eigenvalue weighted by atomic mass is 19.3. The molecule has 0 saturated heterocycles. The van der Waals surface area contributed by atoms with Crippen molar-refractivity contribution in [1.82, 2.24) is 9.88 Å². The number of halogens is 2. The van der Waals surface area contributed by atoms with Gasteiger partial charge in [-0.25, -0.2) is 13.6 Å². The maximum atomic E-state index is 12.2. The predicted octanol–water partition coefficient (Wildman–Crippen LogP) is -0.0715. The van der Waals surface area contributed by atoms with Crippen LogP contribution in [0.3, 0.4) is 0 Å². The molecule has 1 aromatic heterocycles. The normalized spacial score (nSPS) is 12.4. The molecule has 0 spiro atoms. The number of amides is 1. The van der Waals surface area contributed by atoms with E-state index in [0.29, 0.717) is 0 Å². The molecule has 0 saturated carbocycles. The van der Waals surface area contributed by atoms with Crippen molar-refractivity contribution >= 4 is 11.9 Å². The molecule has 1 aromatic rings. The molecule has 18 heavy (non-hydrogen) atoms. The van der Waals surface area contributed by atoms with Crippen LogP contribution in [0.5, 0.6) is 0 Å². The summed E-state index contributed by atoms with van der Waals surface area (Å²) >= 11 is 0. The number of alkyl halides is 2. The van der Waals surface area contributed by atoms with Gasteiger partial charge in [0, 0.05) is 6.20 Å². The van der Waals surface area contributed by atoms with Crippen molar-refractivity contribution in [3.63, 3.8) is 0 Å². The largest absolute Gasteiger partial charge is 0.480 e. The first-order valence-electron chi connectivity index (χ1n) is 5.03. The van der Waals surface area contributed by atoms with Gasteiger partial charge in [-0.2, -0.15) is 0 Å². The first-order valence-corrected chi connectivity index (χ1v) is 5.03. The van der Waals surface area contributed by atoms with Crippen LogP contribution in [0.1, 0.15) is 10.5 Å². The van der Waals surface area contributed by atoms with E-state index in [1.165, 1.54) is 18.3 Å². The second-order valence-corrected chi connectivity index (χ2v) is 3.48. The van der Waals surface area contributed by atoms with Crippen molar-refractivity contribution in [2.24, 2.45) is 0 Å². The van der Waals surface area contributed by atoms with Gasteiger partial charge in [-0.05, 0) is 12.1 Å². The Morgan fingerprint density at radius 1 is 1.44 bits per heavy atom. The molecule has 8 heteroatoms. The quantitative estimate of drug-likeness (QED) is 0.669. The fraction of sp³-hybridized carbons (Fsp3) is 0.400. The molecule has 6 nitrogen and oxygen atoms in total. The van der Waals surface area contributed by atoms with Gasteiger partial charge in [-0.3, -0.25) is 4.79 Å². The van der Waals surface area contributed by atoms with Crippen molar-refractivity contribution in [3.8, 4) is 0 Å². The van der Waals surface area contributed by atoms with E-state index in [1.807, 2.05) is 5.32 Å². The van der Waals surface area contributed by atoms with Crippen molar-refractivity contribution < 1.29 is 28.6 Å². The highest BCUT2D eigenvalue weighted by Crippen LogP contribution is 2.06. The molecule has 0 aliphatic rings. The summed E-state index contributed by atoms with van der Waals surface area (Å²) in [5.41, 5.74) is -0.0880. The van der Waals surface area contributed by atoms with Crippen LogP contribution in [0.4, 0.5) is 8.78 Å². The summed E-state index contributed by atoms with van der Waals surface area (Å²) in [6.07, 6.45) is -1.34. The molecule has 0 aliphatic heterocycles. The topological polar surface area (TPSA) is 91.6 Å². The number of nitrogens with zero attached hydrogens (tertiary/aromatic N) is 1. The average molecular weight is 262 g/mol. The lowest BCUT2D eigenvalue weighted by Crippen LogP contribution is -2.44. The summed E-state index contributed by atoms with van der Waals surface area (Å²) in [4.78, 5) is 22.2. The maximum Gasteiger partial charge on any atom is 0.328 e. The SMILES string of the molecule is O=C(N[C@@H](CO)C(=O)O)c1cccn1CC(F)F. The van der Waals surface area contributed by atoms with Crippen LogP contribution in [0.25, 0.3) is 0 Å². The van der Waals surface area contributed by atoms with E-state index in [9.17, 15) is 18.4 Å². The summed E-state index contributed by atoms with van der Waals surface area (Å²) < 4.78 is 25.4. The first-order chi connectivity index (χ1) is 8.45. The van der Waals surface area contributed by atoms with E-state index in [2.05, 4.69) is 0 Å². The number of aliphatic hydroxyl groups excluding tert-OH is 1. The molecule has 0 unspecified atom stereocenters. The second kappa shape index (κ2) is 6.10. The minimum atomic E-state index is -2.63. The number of hydrogen-bond donors (Lipinski definition) is 3. The van der Waals surface area contributed by atoms with E-state index >= 15 is 0 Å². The van der Waals surface area contributed by atoms with Crippen molar-refractivity contribution in [3.05, 3.63) is 24.0 Å². The summed E-state index contributed by atoms with van der Waals surface area (Å²) in [6.45, 7) is -1.44. The zero-order valence-electron chi connectivity index (χ0n) is 9.22. The number of rotatable bonds is 6. The Balaban J connectivity index is 2.78. The van der Waals surface area contributed by atoms with Crippen LogP contribution in [-0.2, 0) is 11.3 Å². The van der Waals surface area contributed by atoms with Gasteiger partial charge in [0.25, 0.3) is 12.3 Å². The Kier molecular flexibility index (Phi) is 4.78. The van der Waals surface area contributed by atoms with Gasteiger partial charge in [0.2, 0.25) is 0 Å². The molecule has 0 fully saturated rings. The van der Waals surface area contributed by atoms with Crippen LogP contribution in [0, 0.1) is 0 Å². The predicted molar refractivity (Wildman–Crippen MR) is 56.4 cm³/mol. The number of hydrogen-bond acceptors (Lipinski definition) is 3. The van der Waals surface area contributed by atoms with Crippen LogP contribution in [0.15, 0.2) is 18.3 Å². The summed E-state index contributed by atoms with van der Waals surface area (Å²) in [5, 5.41) is 19.4. The van der Waals surface area contributed by atoms with Crippen LogP contribution in [0.2, 0.25) is 0 Å². The summed E-state index contributed by atoms with van der Waals surface area (Å²) in [6, 6.07) is 1.22. The smallest absolute Gasteiger partial charge is 0.328 e. The molecule has 1 atom stereocenters. The van der Waals surface area contributed by atoms with Crippen molar-refractivity contribution in [2.45, 2.75) is 19.0 Å². The standard InChI is InChI=1S/C10H12F2N2O4/c11-8(12)4-14-3-1-2-7(14)9(16)13-6(5-15)10(17)18/h1-3,6,8,15H,4-5H2,(H,13,16)(H,17,18)/t6-/m0/s1. The lowest BCUT2D eigenvalue weighted by Gasteiger charge is -2.13. The Morgan fingerprint density at radius 3 is 2.61 bits per heavy atom.